The van der Waals surface area contributed by atoms with Crippen LogP contribution in [0.2, 0.25) is 0 Å². The molecular formula is C18H15F3N4O3. The van der Waals surface area contributed by atoms with E-state index < -0.39 is 18.7 Å². The van der Waals surface area contributed by atoms with E-state index in [0.29, 0.717) is 11.4 Å². The zero-order valence-electron chi connectivity index (χ0n) is 14.6. The number of amides is 1. The van der Waals surface area contributed by atoms with Crippen molar-refractivity contribution < 1.29 is 27.4 Å². The Kier molecular flexibility index (Phi) is 5.48. The van der Waals surface area contributed by atoms with Crippen molar-refractivity contribution in [1.29, 1.82) is 0 Å². The standard InChI is InChI=1S/C18H15F3N4O3/c1-27-14-5-3-2-4-12(14)13-8-15(25-24-13)23-17(26)11-6-7-16(22-9-11)28-10-18(19,20)21/h2-9H,10H2,1H3,(H2,23,24,25,26). The monoisotopic (exact) mass is 392 g/mol. The van der Waals surface area contributed by atoms with Crippen LogP contribution in [0.3, 0.4) is 0 Å². The third-order valence-electron chi connectivity index (χ3n) is 3.60. The van der Waals surface area contributed by atoms with Crippen LogP contribution in [0.4, 0.5) is 19.0 Å². The molecule has 2 heterocycles. The predicted octanol–water partition coefficient (Wildman–Crippen LogP) is 3.67. The number of hydrogen-bond donors (Lipinski definition) is 2. The van der Waals surface area contributed by atoms with Gasteiger partial charge in [-0.3, -0.25) is 9.89 Å². The first-order chi connectivity index (χ1) is 13.4. The van der Waals surface area contributed by atoms with Gasteiger partial charge in [0.25, 0.3) is 5.91 Å². The number of nitrogens with zero attached hydrogens (tertiary/aromatic N) is 2. The predicted molar refractivity (Wildman–Crippen MR) is 94.3 cm³/mol. The van der Waals surface area contributed by atoms with Crippen LogP contribution in [0.1, 0.15) is 10.4 Å². The van der Waals surface area contributed by atoms with Gasteiger partial charge in [0.2, 0.25) is 5.88 Å². The van der Waals surface area contributed by atoms with E-state index in [4.69, 9.17) is 4.74 Å². The smallest absolute Gasteiger partial charge is 0.422 e. The molecule has 0 aliphatic rings. The number of anilines is 1. The second-order valence-corrected chi connectivity index (χ2v) is 5.61. The quantitative estimate of drug-likeness (QED) is 0.668. The number of halogens is 3. The van der Waals surface area contributed by atoms with Gasteiger partial charge in [0, 0.05) is 23.9 Å². The summed E-state index contributed by atoms with van der Waals surface area (Å²) >= 11 is 0. The first-order valence-corrected chi connectivity index (χ1v) is 8.01. The third kappa shape index (κ3) is 4.78. The van der Waals surface area contributed by atoms with Crippen molar-refractivity contribution in [2.45, 2.75) is 6.18 Å². The number of alkyl halides is 3. The van der Waals surface area contributed by atoms with Crippen LogP contribution in [0.25, 0.3) is 11.3 Å². The van der Waals surface area contributed by atoms with Crippen LogP contribution in [-0.2, 0) is 0 Å². The van der Waals surface area contributed by atoms with Gasteiger partial charge in [-0.2, -0.15) is 18.3 Å². The molecule has 0 saturated carbocycles. The Morgan fingerprint density at radius 2 is 2.00 bits per heavy atom. The first kappa shape index (κ1) is 19.2. The molecule has 28 heavy (non-hydrogen) atoms. The Hall–Kier alpha value is -3.56. The van der Waals surface area contributed by atoms with Crippen molar-refractivity contribution in [2.75, 3.05) is 19.0 Å². The lowest BCUT2D eigenvalue weighted by Crippen LogP contribution is -2.19. The Morgan fingerprint density at radius 1 is 1.21 bits per heavy atom. The summed E-state index contributed by atoms with van der Waals surface area (Å²) in [6, 6.07) is 11.4. The molecule has 1 amide bonds. The van der Waals surface area contributed by atoms with Gasteiger partial charge in [-0.1, -0.05) is 12.1 Å². The molecule has 0 aliphatic heterocycles. The molecule has 2 aromatic heterocycles. The lowest BCUT2D eigenvalue weighted by atomic mass is 10.1. The van der Waals surface area contributed by atoms with E-state index in [9.17, 15) is 18.0 Å². The Morgan fingerprint density at radius 3 is 2.68 bits per heavy atom. The van der Waals surface area contributed by atoms with Crippen molar-refractivity contribution in [2.24, 2.45) is 0 Å². The molecule has 0 aliphatic carbocycles. The average molecular weight is 392 g/mol. The Balaban J connectivity index is 1.66. The fourth-order valence-electron chi connectivity index (χ4n) is 2.34. The van der Waals surface area contributed by atoms with E-state index in [1.54, 1.807) is 19.2 Å². The Labute approximate surface area is 157 Å². The molecule has 0 bridgehead atoms. The summed E-state index contributed by atoms with van der Waals surface area (Å²) in [6.07, 6.45) is -3.34. The number of ether oxygens (including phenoxy) is 2. The maximum Gasteiger partial charge on any atom is 0.422 e. The average Bonchev–Trinajstić information content (AvgIpc) is 3.14. The number of hydrogen-bond acceptors (Lipinski definition) is 5. The maximum atomic E-state index is 12.3. The summed E-state index contributed by atoms with van der Waals surface area (Å²) in [5.41, 5.74) is 1.55. The van der Waals surface area contributed by atoms with E-state index in [0.717, 1.165) is 11.8 Å². The fourth-order valence-corrected chi connectivity index (χ4v) is 2.34. The summed E-state index contributed by atoms with van der Waals surface area (Å²) < 4.78 is 46.2. The molecule has 0 saturated heterocycles. The van der Waals surface area contributed by atoms with Gasteiger partial charge >= 0.3 is 6.18 Å². The zero-order chi connectivity index (χ0) is 20.1. The number of para-hydroxylation sites is 1. The minimum Gasteiger partial charge on any atom is -0.496 e. The molecule has 146 valence electrons. The van der Waals surface area contributed by atoms with Crippen LogP contribution in [0.15, 0.2) is 48.7 Å². The number of carbonyl (C=O) groups excluding carboxylic acids is 1. The number of aromatic amines is 1. The van der Waals surface area contributed by atoms with Crippen LogP contribution in [0, 0.1) is 0 Å². The van der Waals surface area contributed by atoms with Gasteiger partial charge in [-0.05, 0) is 18.2 Å². The van der Waals surface area contributed by atoms with Crippen molar-refractivity contribution in [3.8, 4) is 22.9 Å². The second kappa shape index (κ2) is 7.99. The number of pyridine rings is 1. The van der Waals surface area contributed by atoms with Gasteiger partial charge in [0.1, 0.15) is 5.75 Å². The molecule has 1 aromatic carbocycles. The normalized spacial score (nSPS) is 11.1. The molecule has 0 unspecified atom stereocenters. The molecule has 0 radical (unpaired) electrons. The molecule has 3 aromatic rings. The molecule has 0 spiro atoms. The van der Waals surface area contributed by atoms with E-state index in [2.05, 4.69) is 25.2 Å². The summed E-state index contributed by atoms with van der Waals surface area (Å²) in [5.74, 6) is 0.158. The van der Waals surface area contributed by atoms with Gasteiger partial charge < -0.3 is 14.8 Å². The zero-order valence-corrected chi connectivity index (χ0v) is 14.6. The van der Waals surface area contributed by atoms with Gasteiger partial charge in [0.05, 0.1) is 18.4 Å². The number of rotatable bonds is 6. The minimum absolute atomic E-state index is 0.140. The fraction of sp³-hybridized carbons (Fsp3) is 0.167. The summed E-state index contributed by atoms with van der Waals surface area (Å²) in [5, 5.41) is 9.41. The molecule has 0 atom stereocenters. The van der Waals surface area contributed by atoms with E-state index >= 15 is 0 Å². The van der Waals surface area contributed by atoms with E-state index in [1.807, 2.05) is 18.2 Å². The third-order valence-corrected chi connectivity index (χ3v) is 3.60. The van der Waals surface area contributed by atoms with Crippen molar-refractivity contribution in [3.63, 3.8) is 0 Å². The number of aromatic nitrogens is 3. The largest absolute Gasteiger partial charge is 0.496 e. The highest BCUT2D eigenvalue weighted by Crippen LogP contribution is 2.29. The second-order valence-electron chi connectivity index (χ2n) is 5.61. The highest BCUT2D eigenvalue weighted by atomic mass is 19.4. The molecule has 10 heteroatoms. The maximum absolute atomic E-state index is 12.3. The number of benzene rings is 1. The number of methoxy groups -OCH3 is 1. The van der Waals surface area contributed by atoms with Crippen LogP contribution >= 0.6 is 0 Å². The molecule has 7 nitrogen and oxygen atoms in total. The van der Waals surface area contributed by atoms with E-state index in [-0.39, 0.29) is 17.3 Å². The van der Waals surface area contributed by atoms with Gasteiger partial charge in [0.15, 0.2) is 12.4 Å². The molecule has 2 N–H and O–H groups in total. The minimum atomic E-state index is -4.46. The summed E-state index contributed by atoms with van der Waals surface area (Å²) in [7, 11) is 1.55. The van der Waals surface area contributed by atoms with Crippen molar-refractivity contribution in [3.05, 3.63) is 54.2 Å². The SMILES string of the molecule is COc1ccccc1-c1cc(NC(=O)c2ccc(OCC(F)(F)F)nc2)n[nH]1. The number of carbonyl (C=O) groups is 1. The van der Waals surface area contributed by atoms with Crippen LogP contribution < -0.4 is 14.8 Å². The van der Waals surface area contributed by atoms with Gasteiger partial charge in [-0.15, -0.1) is 0 Å². The molecule has 0 fully saturated rings. The molecule has 3 rings (SSSR count). The molecular weight excluding hydrogens is 377 g/mol. The first-order valence-electron chi connectivity index (χ1n) is 8.01. The lowest BCUT2D eigenvalue weighted by molar-refractivity contribution is -0.154. The van der Waals surface area contributed by atoms with E-state index in [1.165, 1.54) is 12.1 Å². The van der Waals surface area contributed by atoms with Crippen LogP contribution in [0.5, 0.6) is 11.6 Å². The Bertz CT molecular complexity index is 955. The summed E-state index contributed by atoms with van der Waals surface area (Å²) in [4.78, 5) is 16.0. The topological polar surface area (TPSA) is 89.1 Å². The van der Waals surface area contributed by atoms with Crippen molar-refractivity contribution in [1.82, 2.24) is 15.2 Å². The number of H-pyrrole nitrogens is 1. The van der Waals surface area contributed by atoms with Crippen LogP contribution in [-0.4, -0.2) is 41.0 Å². The number of nitrogens with one attached hydrogen (secondary N) is 2. The van der Waals surface area contributed by atoms with Crippen molar-refractivity contribution >= 4 is 11.7 Å². The highest BCUT2D eigenvalue weighted by Gasteiger charge is 2.28. The lowest BCUT2D eigenvalue weighted by Gasteiger charge is -2.08. The highest BCUT2D eigenvalue weighted by molar-refractivity contribution is 6.03. The summed E-state index contributed by atoms with van der Waals surface area (Å²) in [6.45, 7) is -1.45. The van der Waals surface area contributed by atoms with Gasteiger partial charge in [-0.25, -0.2) is 4.98 Å².